The van der Waals surface area contributed by atoms with E-state index >= 15 is 0 Å². The summed E-state index contributed by atoms with van der Waals surface area (Å²) in [6, 6.07) is 10.3. The number of amides is 2. The average molecular weight is 516 g/mol. The lowest BCUT2D eigenvalue weighted by Gasteiger charge is -2.13. The fourth-order valence-electron chi connectivity index (χ4n) is 2.28. The van der Waals surface area contributed by atoms with Crippen molar-refractivity contribution >= 4 is 57.4 Å². The molecule has 0 saturated heterocycles. The average Bonchev–Trinajstić information content (AvgIpc) is 2.67. The Morgan fingerprint density at radius 2 is 1.82 bits per heavy atom. The molecule has 9 heteroatoms. The topological polar surface area (TPSA) is 89.0 Å². The fraction of sp³-hybridized carbons (Fsp3) is 0.211. The summed E-state index contributed by atoms with van der Waals surface area (Å²) in [7, 11) is 2.95. The molecule has 28 heavy (non-hydrogen) atoms. The van der Waals surface area contributed by atoms with Crippen LogP contribution in [0.3, 0.4) is 0 Å². The number of rotatable bonds is 7. The number of anilines is 1. The summed E-state index contributed by atoms with van der Waals surface area (Å²) >= 11 is 8.13. The van der Waals surface area contributed by atoms with E-state index in [4.69, 9.17) is 21.1 Å². The smallest absolute Gasteiger partial charge is 0.272 e. The minimum atomic E-state index is -0.339. The number of nitrogens with zero attached hydrogens (tertiary/aromatic N) is 1. The van der Waals surface area contributed by atoms with Gasteiger partial charge in [-0.05, 0) is 41.6 Å². The van der Waals surface area contributed by atoms with Crippen LogP contribution >= 0.6 is 34.2 Å². The molecule has 0 unspecified atom stereocenters. The third-order valence-electron chi connectivity index (χ3n) is 3.63. The third-order valence-corrected chi connectivity index (χ3v) is 4.87. The van der Waals surface area contributed by atoms with E-state index in [1.165, 1.54) is 14.2 Å². The monoisotopic (exact) mass is 515 g/mol. The van der Waals surface area contributed by atoms with Crippen LogP contribution < -0.4 is 20.2 Å². The first-order chi connectivity index (χ1) is 13.3. The first-order valence-corrected chi connectivity index (χ1v) is 9.60. The van der Waals surface area contributed by atoms with Gasteiger partial charge in [0.05, 0.1) is 36.9 Å². The number of methoxy groups -OCH3 is 2. The largest absolute Gasteiger partial charge is 0.495 e. The van der Waals surface area contributed by atoms with E-state index in [2.05, 4.69) is 38.4 Å². The number of hydrogen-bond donors (Lipinski definition) is 2. The summed E-state index contributed by atoms with van der Waals surface area (Å²) in [5.41, 5.74) is 3.84. The predicted octanol–water partition coefficient (Wildman–Crippen LogP) is 4.10. The molecule has 0 atom stereocenters. The number of benzene rings is 2. The molecule has 148 valence electrons. The predicted molar refractivity (Wildman–Crippen MR) is 118 cm³/mol. The molecule has 0 radical (unpaired) electrons. The zero-order chi connectivity index (χ0) is 20.7. The molecule has 0 aliphatic heterocycles. The van der Waals surface area contributed by atoms with Crippen LogP contribution in [0.5, 0.6) is 11.5 Å². The SMILES string of the molecule is COc1cc(NC(=O)C/C(C)=N/NC(=O)c2ccccc2I)c(OC)cc1Cl. The second kappa shape index (κ2) is 10.3. The van der Waals surface area contributed by atoms with Gasteiger partial charge in [-0.2, -0.15) is 5.10 Å². The minimum Gasteiger partial charge on any atom is -0.495 e. The van der Waals surface area contributed by atoms with Crippen LogP contribution in [0.15, 0.2) is 41.5 Å². The molecule has 0 aliphatic carbocycles. The highest BCUT2D eigenvalue weighted by Crippen LogP contribution is 2.35. The molecule has 0 spiro atoms. The van der Waals surface area contributed by atoms with Crippen molar-refractivity contribution in [2.45, 2.75) is 13.3 Å². The van der Waals surface area contributed by atoms with Crippen LogP contribution in [0.4, 0.5) is 5.69 Å². The maximum Gasteiger partial charge on any atom is 0.272 e. The summed E-state index contributed by atoms with van der Waals surface area (Å²) in [5.74, 6) is 0.148. The van der Waals surface area contributed by atoms with E-state index in [0.717, 1.165) is 3.57 Å². The maximum absolute atomic E-state index is 12.3. The van der Waals surface area contributed by atoms with Gasteiger partial charge in [0.1, 0.15) is 11.5 Å². The summed E-state index contributed by atoms with van der Waals surface area (Å²) in [5, 5.41) is 7.08. The lowest BCUT2D eigenvalue weighted by atomic mass is 10.2. The third kappa shape index (κ3) is 5.83. The molecule has 7 nitrogen and oxygen atoms in total. The zero-order valence-electron chi connectivity index (χ0n) is 15.5. The van der Waals surface area contributed by atoms with Gasteiger partial charge in [0.2, 0.25) is 5.91 Å². The number of hydrazone groups is 1. The van der Waals surface area contributed by atoms with Crippen molar-refractivity contribution < 1.29 is 19.1 Å². The molecule has 2 aromatic rings. The van der Waals surface area contributed by atoms with E-state index in [0.29, 0.717) is 33.5 Å². The number of carbonyl (C=O) groups excluding carboxylic acids is 2. The van der Waals surface area contributed by atoms with Crippen molar-refractivity contribution in [1.82, 2.24) is 5.43 Å². The van der Waals surface area contributed by atoms with E-state index < -0.39 is 0 Å². The highest BCUT2D eigenvalue weighted by molar-refractivity contribution is 14.1. The van der Waals surface area contributed by atoms with Gasteiger partial charge in [-0.25, -0.2) is 5.43 Å². The molecule has 0 saturated carbocycles. The molecule has 0 bridgehead atoms. The van der Waals surface area contributed by atoms with Gasteiger partial charge < -0.3 is 14.8 Å². The summed E-state index contributed by atoms with van der Waals surface area (Å²) < 4.78 is 11.2. The number of nitrogens with one attached hydrogen (secondary N) is 2. The maximum atomic E-state index is 12.3. The first-order valence-electron chi connectivity index (χ1n) is 8.15. The van der Waals surface area contributed by atoms with Gasteiger partial charge in [-0.3, -0.25) is 9.59 Å². The van der Waals surface area contributed by atoms with E-state index in [9.17, 15) is 9.59 Å². The molecule has 0 aliphatic rings. The van der Waals surface area contributed by atoms with Gasteiger partial charge in [-0.15, -0.1) is 0 Å². The van der Waals surface area contributed by atoms with Crippen LogP contribution in [0.2, 0.25) is 5.02 Å². The Morgan fingerprint density at radius 1 is 1.14 bits per heavy atom. The van der Waals surface area contributed by atoms with Gasteiger partial charge in [0.25, 0.3) is 5.91 Å². The van der Waals surface area contributed by atoms with Gasteiger partial charge >= 0.3 is 0 Å². The lowest BCUT2D eigenvalue weighted by Crippen LogP contribution is -2.22. The van der Waals surface area contributed by atoms with Gasteiger partial charge in [-0.1, -0.05) is 23.7 Å². The van der Waals surface area contributed by atoms with E-state index in [-0.39, 0.29) is 18.2 Å². The second-order valence-corrected chi connectivity index (χ2v) is 7.25. The van der Waals surface area contributed by atoms with Crippen molar-refractivity contribution in [3.63, 3.8) is 0 Å². The van der Waals surface area contributed by atoms with Gasteiger partial charge in [0.15, 0.2) is 0 Å². The summed E-state index contributed by atoms with van der Waals surface area (Å²) in [6.07, 6.45) is -0.0136. The Kier molecular flexibility index (Phi) is 8.06. The fourth-order valence-corrected chi connectivity index (χ4v) is 3.14. The van der Waals surface area contributed by atoms with Crippen molar-refractivity contribution in [3.05, 3.63) is 50.6 Å². The van der Waals surface area contributed by atoms with Crippen molar-refractivity contribution in [1.29, 1.82) is 0 Å². The van der Waals surface area contributed by atoms with Crippen LogP contribution in [0.25, 0.3) is 0 Å². The Bertz CT molecular complexity index is 918. The molecule has 0 aromatic heterocycles. The molecule has 2 amide bonds. The standard InChI is InChI=1S/C19H19ClIN3O4/c1-11(23-24-19(26)12-6-4-5-7-14(12)21)8-18(25)22-15-10-16(27-2)13(20)9-17(15)28-3/h4-7,9-10H,8H2,1-3H3,(H,22,25)(H,24,26)/b23-11+. The Balaban J connectivity index is 2.02. The number of hydrogen-bond acceptors (Lipinski definition) is 5. The molecular formula is C19H19ClIN3O4. The number of ether oxygens (including phenoxy) is 2. The first kappa shape index (κ1) is 22.0. The minimum absolute atomic E-state index is 0.0136. The Morgan fingerprint density at radius 3 is 2.46 bits per heavy atom. The van der Waals surface area contributed by atoms with Crippen molar-refractivity contribution in [2.75, 3.05) is 19.5 Å². The summed E-state index contributed by atoms with van der Waals surface area (Å²) in [4.78, 5) is 24.5. The van der Waals surface area contributed by atoms with Crippen LogP contribution in [-0.2, 0) is 4.79 Å². The lowest BCUT2D eigenvalue weighted by molar-refractivity contribution is -0.115. The number of halogens is 2. The zero-order valence-corrected chi connectivity index (χ0v) is 18.4. The Hall–Kier alpha value is -2.33. The van der Waals surface area contributed by atoms with Crippen molar-refractivity contribution in [2.24, 2.45) is 5.10 Å². The Labute approximate surface area is 181 Å². The summed E-state index contributed by atoms with van der Waals surface area (Å²) in [6.45, 7) is 1.65. The normalized spacial score (nSPS) is 11.0. The molecule has 2 rings (SSSR count). The van der Waals surface area contributed by atoms with E-state index in [1.54, 1.807) is 31.2 Å². The molecule has 2 N–H and O–H groups in total. The molecule has 0 heterocycles. The second-order valence-electron chi connectivity index (χ2n) is 5.68. The van der Waals surface area contributed by atoms with E-state index in [1.807, 2.05) is 12.1 Å². The molecular weight excluding hydrogens is 497 g/mol. The highest BCUT2D eigenvalue weighted by atomic mass is 127. The van der Waals surface area contributed by atoms with Crippen LogP contribution in [0.1, 0.15) is 23.7 Å². The highest BCUT2D eigenvalue weighted by Gasteiger charge is 2.14. The van der Waals surface area contributed by atoms with Crippen LogP contribution in [-0.4, -0.2) is 31.7 Å². The van der Waals surface area contributed by atoms with Crippen LogP contribution in [0, 0.1) is 3.57 Å². The quantitative estimate of drug-likeness (QED) is 0.330. The molecule has 0 fully saturated rings. The van der Waals surface area contributed by atoms with Gasteiger partial charge in [0, 0.05) is 21.4 Å². The number of carbonyl (C=O) groups is 2. The molecule has 2 aromatic carbocycles. The van der Waals surface area contributed by atoms with Crippen molar-refractivity contribution in [3.8, 4) is 11.5 Å².